The molecular weight excluding hydrogens is 304 g/mol. The molecule has 0 heterocycles. The van der Waals surface area contributed by atoms with Crippen molar-refractivity contribution < 1.29 is 10.2 Å². The average molecular weight is 330 g/mol. The van der Waals surface area contributed by atoms with E-state index in [9.17, 15) is 10.2 Å². The van der Waals surface area contributed by atoms with Crippen molar-refractivity contribution in [1.82, 2.24) is 0 Å². The van der Waals surface area contributed by atoms with Gasteiger partial charge in [-0.3, -0.25) is 0 Å². The van der Waals surface area contributed by atoms with Crippen molar-refractivity contribution in [2.24, 2.45) is 0 Å². The van der Waals surface area contributed by atoms with Gasteiger partial charge in [0, 0.05) is 9.79 Å². The summed E-state index contributed by atoms with van der Waals surface area (Å²) in [5, 5.41) is 20.2. The minimum absolute atomic E-state index is 0.393. The average Bonchev–Trinajstić information content (AvgIpc) is 2.56. The Kier molecular flexibility index (Phi) is 6.00. The minimum Gasteiger partial charge on any atom is -0.508 e. The van der Waals surface area contributed by atoms with E-state index in [4.69, 9.17) is 0 Å². The molecule has 0 saturated carbocycles. The van der Waals surface area contributed by atoms with E-state index < -0.39 is 0 Å². The van der Waals surface area contributed by atoms with Crippen molar-refractivity contribution in [3.05, 3.63) is 46.5 Å². The highest BCUT2D eigenvalue weighted by Crippen LogP contribution is 2.40. The summed E-state index contributed by atoms with van der Waals surface area (Å²) in [6.07, 6.45) is 3.47. The second-order valence-corrected chi connectivity index (χ2v) is 6.68. The van der Waals surface area contributed by atoms with Gasteiger partial charge in [-0.05, 0) is 72.2 Å². The Morgan fingerprint density at radius 3 is 1.26 bits per heavy atom. The molecular formula is C20H26O2S. The van der Waals surface area contributed by atoms with E-state index in [0.29, 0.717) is 11.5 Å². The summed E-state index contributed by atoms with van der Waals surface area (Å²) in [4.78, 5) is 2.40. The van der Waals surface area contributed by atoms with Gasteiger partial charge >= 0.3 is 0 Å². The van der Waals surface area contributed by atoms with Crippen LogP contribution in [0.3, 0.4) is 0 Å². The highest BCUT2D eigenvalue weighted by molar-refractivity contribution is 7.99. The van der Waals surface area contributed by atoms with Gasteiger partial charge < -0.3 is 10.2 Å². The Bertz CT molecular complexity index is 633. The lowest BCUT2D eigenvalue weighted by Crippen LogP contribution is -1.97. The van der Waals surface area contributed by atoms with E-state index in [2.05, 4.69) is 27.7 Å². The Hall–Kier alpha value is -1.61. The van der Waals surface area contributed by atoms with Gasteiger partial charge in [0.2, 0.25) is 0 Å². The molecule has 0 radical (unpaired) electrons. The number of aromatic hydroxyl groups is 2. The summed E-state index contributed by atoms with van der Waals surface area (Å²) in [6, 6.07) is 7.62. The van der Waals surface area contributed by atoms with Gasteiger partial charge in [0.1, 0.15) is 11.5 Å². The third kappa shape index (κ3) is 3.50. The highest BCUT2D eigenvalue weighted by Gasteiger charge is 2.15. The number of phenolic OH excluding ortho intramolecular Hbond substituents is 2. The van der Waals surface area contributed by atoms with Crippen molar-refractivity contribution in [2.45, 2.75) is 63.2 Å². The van der Waals surface area contributed by atoms with Crippen LogP contribution >= 0.6 is 11.8 Å². The molecule has 0 aromatic heterocycles. The van der Waals surface area contributed by atoms with Crippen LogP contribution in [-0.4, -0.2) is 10.2 Å². The van der Waals surface area contributed by atoms with Crippen LogP contribution in [0.25, 0.3) is 0 Å². The largest absolute Gasteiger partial charge is 0.508 e. The van der Waals surface area contributed by atoms with Gasteiger partial charge in [0.15, 0.2) is 0 Å². The van der Waals surface area contributed by atoms with Gasteiger partial charge in [-0.1, -0.05) is 39.5 Å². The van der Waals surface area contributed by atoms with E-state index in [0.717, 1.165) is 36.8 Å². The fourth-order valence-corrected chi connectivity index (χ4v) is 4.48. The molecule has 0 saturated heterocycles. The first-order valence-corrected chi connectivity index (χ1v) is 9.24. The predicted octanol–water partition coefficient (Wildman–Crippen LogP) is 5.50. The van der Waals surface area contributed by atoms with E-state index in [1.807, 2.05) is 12.1 Å². The predicted molar refractivity (Wildman–Crippen MR) is 97.8 cm³/mol. The van der Waals surface area contributed by atoms with Crippen molar-refractivity contribution in [1.29, 1.82) is 0 Å². The number of phenols is 2. The summed E-state index contributed by atoms with van der Waals surface area (Å²) in [5.74, 6) is 0.786. The number of rotatable bonds is 6. The van der Waals surface area contributed by atoms with E-state index in [1.54, 1.807) is 23.9 Å². The van der Waals surface area contributed by atoms with Crippen molar-refractivity contribution in [3.63, 3.8) is 0 Å². The smallest absolute Gasteiger partial charge is 0.119 e. The lowest BCUT2D eigenvalue weighted by atomic mass is 10.0. The minimum atomic E-state index is 0.393. The van der Waals surface area contributed by atoms with Crippen LogP contribution < -0.4 is 0 Å². The SMILES string of the molecule is CCc1c(O)ccc(Sc2ccc(O)c(CC)c2CC)c1CC. The van der Waals surface area contributed by atoms with Gasteiger partial charge in [0.25, 0.3) is 0 Å². The molecule has 3 heteroatoms. The van der Waals surface area contributed by atoms with Crippen molar-refractivity contribution in [2.75, 3.05) is 0 Å². The topological polar surface area (TPSA) is 40.5 Å². The molecule has 0 unspecified atom stereocenters. The maximum absolute atomic E-state index is 10.1. The van der Waals surface area contributed by atoms with Crippen molar-refractivity contribution in [3.8, 4) is 11.5 Å². The zero-order valence-corrected chi connectivity index (χ0v) is 15.3. The second kappa shape index (κ2) is 7.78. The molecule has 0 atom stereocenters. The molecule has 0 aliphatic carbocycles. The Morgan fingerprint density at radius 1 is 0.609 bits per heavy atom. The number of hydrogen-bond acceptors (Lipinski definition) is 3. The Morgan fingerprint density at radius 2 is 0.957 bits per heavy atom. The zero-order chi connectivity index (χ0) is 17.0. The van der Waals surface area contributed by atoms with Crippen LogP contribution in [0, 0.1) is 0 Å². The molecule has 2 N–H and O–H groups in total. The first kappa shape index (κ1) is 17.7. The molecule has 2 nitrogen and oxygen atoms in total. The summed E-state index contributed by atoms with van der Waals surface area (Å²) in [6.45, 7) is 8.42. The molecule has 2 aromatic rings. The molecule has 0 bridgehead atoms. The summed E-state index contributed by atoms with van der Waals surface area (Å²) < 4.78 is 0. The van der Waals surface area contributed by atoms with Gasteiger partial charge in [0.05, 0.1) is 0 Å². The molecule has 23 heavy (non-hydrogen) atoms. The lowest BCUT2D eigenvalue weighted by Gasteiger charge is -2.17. The second-order valence-electron chi connectivity index (χ2n) is 5.60. The van der Waals surface area contributed by atoms with Crippen LogP contribution in [0.1, 0.15) is 49.9 Å². The normalized spacial score (nSPS) is 11.0. The molecule has 0 amide bonds. The summed E-state index contributed by atoms with van der Waals surface area (Å²) >= 11 is 1.74. The van der Waals surface area contributed by atoms with Gasteiger partial charge in [-0.25, -0.2) is 0 Å². The quantitative estimate of drug-likeness (QED) is 0.735. The van der Waals surface area contributed by atoms with Crippen LogP contribution in [0.15, 0.2) is 34.1 Å². The monoisotopic (exact) mass is 330 g/mol. The first-order chi connectivity index (χ1) is 11.1. The zero-order valence-electron chi connectivity index (χ0n) is 14.4. The number of benzene rings is 2. The Balaban J connectivity index is 2.52. The van der Waals surface area contributed by atoms with Crippen LogP contribution in [-0.2, 0) is 25.7 Å². The van der Waals surface area contributed by atoms with E-state index in [-0.39, 0.29) is 0 Å². The van der Waals surface area contributed by atoms with Crippen molar-refractivity contribution >= 4 is 11.8 Å². The maximum atomic E-state index is 10.1. The standard InChI is InChI=1S/C20H26O2S/c1-5-13-15(7-3)19(11-9-17(13)21)23-20-12-10-18(22)14(6-2)16(20)8-4/h9-12,21-22H,5-8H2,1-4H3. The maximum Gasteiger partial charge on any atom is 0.119 e. The number of hydrogen-bond donors (Lipinski definition) is 2. The molecule has 0 aliphatic heterocycles. The van der Waals surface area contributed by atoms with E-state index >= 15 is 0 Å². The first-order valence-electron chi connectivity index (χ1n) is 8.42. The molecule has 0 fully saturated rings. The van der Waals surface area contributed by atoms with Crippen LogP contribution in [0.5, 0.6) is 11.5 Å². The third-order valence-corrected chi connectivity index (χ3v) is 5.57. The third-order valence-electron chi connectivity index (χ3n) is 4.36. The Labute approximate surface area is 143 Å². The van der Waals surface area contributed by atoms with Crippen LogP contribution in [0.4, 0.5) is 0 Å². The molecule has 2 rings (SSSR count). The lowest BCUT2D eigenvalue weighted by molar-refractivity contribution is 0.466. The van der Waals surface area contributed by atoms with Crippen LogP contribution in [0.2, 0.25) is 0 Å². The summed E-state index contributed by atoms with van der Waals surface area (Å²) in [5.41, 5.74) is 4.55. The fraction of sp³-hybridized carbons (Fsp3) is 0.400. The van der Waals surface area contributed by atoms with Gasteiger partial charge in [-0.2, -0.15) is 0 Å². The highest BCUT2D eigenvalue weighted by atomic mass is 32.2. The van der Waals surface area contributed by atoms with Gasteiger partial charge in [-0.15, -0.1) is 0 Å². The molecule has 124 valence electrons. The summed E-state index contributed by atoms with van der Waals surface area (Å²) in [7, 11) is 0. The molecule has 0 spiro atoms. The fourth-order valence-electron chi connectivity index (χ4n) is 3.19. The van der Waals surface area contributed by atoms with E-state index in [1.165, 1.54) is 20.9 Å². The molecule has 2 aromatic carbocycles. The molecule has 0 aliphatic rings.